The Labute approximate surface area is 155 Å². The maximum Gasteiger partial charge on any atom is 0.257 e. The number of hydrogen-bond donors (Lipinski definition) is 1. The molecule has 0 saturated carbocycles. The van der Waals surface area contributed by atoms with E-state index in [0.29, 0.717) is 35.7 Å². The van der Waals surface area contributed by atoms with E-state index in [0.717, 1.165) is 16.5 Å². The highest BCUT2D eigenvalue weighted by Gasteiger charge is 2.25. The van der Waals surface area contributed by atoms with Crippen LogP contribution in [-0.2, 0) is 4.79 Å². The maximum absolute atomic E-state index is 12.7. The van der Waals surface area contributed by atoms with E-state index in [1.165, 1.54) is 0 Å². The van der Waals surface area contributed by atoms with Gasteiger partial charge in [-0.15, -0.1) is 0 Å². The van der Waals surface area contributed by atoms with Crippen molar-refractivity contribution in [3.63, 3.8) is 0 Å². The first-order valence-electron chi connectivity index (χ1n) is 8.06. The van der Waals surface area contributed by atoms with Gasteiger partial charge in [-0.3, -0.25) is 9.59 Å². The molecule has 0 bridgehead atoms. The zero-order chi connectivity index (χ0) is 18.0. The average molecular weight is 403 g/mol. The van der Waals surface area contributed by atoms with E-state index < -0.39 is 0 Å². The number of nitrogens with zero attached hydrogens (tertiary/aromatic N) is 1. The molecule has 1 aliphatic heterocycles. The standard InChI is InChI=1S/C19H19BrN2O3/c1-12-5-3-6-14(20)18(12)19(24)21-13-8-9-16(25-2)15(11-13)22-10-4-7-17(22)23/h3,5-6,8-9,11H,4,7,10H2,1-2H3,(H,21,24). The van der Waals surface area contributed by atoms with Gasteiger partial charge in [0.15, 0.2) is 0 Å². The number of nitrogens with one attached hydrogen (secondary N) is 1. The Morgan fingerprint density at radius 1 is 1.28 bits per heavy atom. The van der Waals surface area contributed by atoms with Crippen LogP contribution in [0.5, 0.6) is 5.75 Å². The minimum atomic E-state index is -0.200. The summed E-state index contributed by atoms with van der Waals surface area (Å²) in [7, 11) is 1.57. The van der Waals surface area contributed by atoms with Gasteiger partial charge in [0.2, 0.25) is 5.91 Å². The number of carbonyl (C=O) groups excluding carboxylic acids is 2. The highest BCUT2D eigenvalue weighted by molar-refractivity contribution is 9.10. The van der Waals surface area contributed by atoms with Crippen LogP contribution < -0.4 is 15.0 Å². The molecule has 0 radical (unpaired) electrons. The van der Waals surface area contributed by atoms with Crippen molar-refractivity contribution in [3.8, 4) is 5.75 Å². The van der Waals surface area contributed by atoms with Gasteiger partial charge in [-0.1, -0.05) is 12.1 Å². The summed E-state index contributed by atoms with van der Waals surface area (Å²) >= 11 is 3.43. The monoisotopic (exact) mass is 402 g/mol. The summed E-state index contributed by atoms with van der Waals surface area (Å²) in [6.07, 6.45) is 1.37. The summed E-state index contributed by atoms with van der Waals surface area (Å²) in [5, 5.41) is 2.91. The molecule has 25 heavy (non-hydrogen) atoms. The van der Waals surface area contributed by atoms with Gasteiger partial charge < -0.3 is 15.0 Å². The maximum atomic E-state index is 12.7. The van der Waals surface area contributed by atoms with Gasteiger partial charge in [-0.05, 0) is 59.1 Å². The molecule has 0 atom stereocenters. The number of rotatable bonds is 4. The molecule has 1 aliphatic rings. The number of anilines is 2. The Bertz CT molecular complexity index is 815. The Morgan fingerprint density at radius 2 is 2.08 bits per heavy atom. The zero-order valence-electron chi connectivity index (χ0n) is 14.1. The van der Waals surface area contributed by atoms with Gasteiger partial charge in [0.05, 0.1) is 18.4 Å². The molecule has 1 N–H and O–H groups in total. The summed E-state index contributed by atoms with van der Waals surface area (Å²) in [5.74, 6) is 0.489. The number of hydrogen-bond acceptors (Lipinski definition) is 3. The molecule has 0 spiro atoms. The van der Waals surface area contributed by atoms with Crippen molar-refractivity contribution in [1.82, 2.24) is 0 Å². The number of ether oxygens (including phenoxy) is 1. The van der Waals surface area contributed by atoms with Crippen molar-refractivity contribution in [3.05, 3.63) is 52.0 Å². The van der Waals surface area contributed by atoms with Crippen molar-refractivity contribution in [2.75, 3.05) is 23.9 Å². The topological polar surface area (TPSA) is 58.6 Å². The number of amides is 2. The summed E-state index contributed by atoms with van der Waals surface area (Å²) in [4.78, 5) is 26.4. The molecule has 130 valence electrons. The van der Waals surface area contributed by atoms with Crippen LogP contribution in [-0.4, -0.2) is 25.5 Å². The smallest absolute Gasteiger partial charge is 0.257 e. The van der Waals surface area contributed by atoms with Crippen LogP contribution in [0.4, 0.5) is 11.4 Å². The Balaban J connectivity index is 1.90. The fraction of sp³-hybridized carbons (Fsp3) is 0.263. The first kappa shape index (κ1) is 17.5. The van der Waals surface area contributed by atoms with Crippen LogP contribution in [0.2, 0.25) is 0 Å². The molecule has 1 heterocycles. The largest absolute Gasteiger partial charge is 0.495 e. The number of aryl methyl sites for hydroxylation is 1. The molecular formula is C19H19BrN2O3. The van der Waals surface area contributed by atoms with E-state index in [9.17, 15) is 9.59 Å². The normalized spacial score (nSPS) is 13.9. The highest BCUT2D eigenvalue weighted by atomic mass is 79.9. The zero-order valence-corrected chi connectivity index (χ0v) is 15.7. The lowest BCUT2D eigenvalue weighted by Crippen LogP contribution is -2.24. The van der Waals surface area contributed by atoms with Gasteiger partial charge >= 0.3 is 0 Å². The SMILES string of the molecule is COc1ccc(NC(=O)c2c(C)cccc2Br)cc1N1CCCC1=O. The molecule has 1 fully saturated rings. The minimum absolute atomic E-state index is 0.0726. The van der Waals surface area contributed by atoms with E-state index in [4.69, 9.17) is 4.74 Å². The highest BCUT2D eigenvalue weighted by Crippen LogP contribution is 2.34. The quantitative estimate of drug-likeness (QED) is 0.835. The lowest BCUT2D eigenvalue weighted by atomic mass is 10.1. The van der Waals surface area contributed by atoms with Crippen LogP contribution in [0, 0.1) is 6.92 Å². The molecular weight excluding hydrogens is 384 g/mol. The van der Waals surface area contributed by atoms with Gasteiger partial charge in [-0.2, -0.15) is 0 Å². The summed E-state index contributed by atoms with van der Waals surface area (Å²) in [6.45, 7) is 2.55. The Hall–Kier alpha value is -2.34. The number of benzene rings is 2. The van der Waals surface area contributed by atoms with Crippen LogP contribution in [0.25, 0.3) is 0 Å². The second-order valence-electron chi connectivity index (χ2n) is 5.92. The molecule has 5 nitrogen and oxygen atoms in total. The molecule has 2 amide bonds. The van der Waals surface area contributed by atoms with Crippen molar-refractivity contribution >= 4 is 39.1 Å². The van der Waals surface area contributed by atoms with Crippen LogP contribution in [0.15, 0.2) is 40.9 Å². The fourth-order valence-corrected chi connectivity index (χ4v) is 3.64. The lowest BCUT2D eigenvalue weighted by Gasteiger charge is -2.20. The fourth-order valence-electron chi connectivity index (χ4n) is 2.99. The molecule has 3 rings (SSSR count). The third-order valence-electron chi connectivity index (χ3n) is 4.25. The molecule has 0 aromatic heterocycles. The van der Waals surface area contributed by atoms with Crippen LogP contribution in [0.1, 0.15) is 28.8 Å². The van der Waals surface area contributed by atoms with Gasteiger partial charge in [0, 0.05) is 23.1 Å². The van der Waals surface area contributed by atoms with E-state index in [1.54, 1.807) is 30.2 Å². The Kier molecular flexibility index (Phi) is 5.08. The van der Waals surface area contributed by atoms with Crippen molar-refractivity contribution in [1.29, 1.82) is 0 Å². The first-order valence-corrected chi connectivity index (χ1v) is 8.85. The predicted octanol–water partition coefficient (Wildman–Crippen LogP) is 4.15. The third kappa shape index (κ3) is 3.54. The minimum Gasteiger partial charge on any atom is -0.495 e. The lowest BCUT2D eigenvalue weighted by molar-refractivity contribution is -0.117. The molecule has 6 heteroatoms. The first-order chi connectivity index (χ1) is 12.0. The van der Waals surface area contributed by atoms with E-state index in [-0.39, 0.29) is 11.8 Å². The third-order valence-corrected chi connectivity index (χ3v) is 4.91. The molecule has 1 saturated heterocycles. The Morgan fingerprint density at radius 3 is 2.72 bits per heavy atom. The van der Waals surface area contributed by atoms with Gasteiger partial charge in [-0.25, -0.2) is 0 Å². The molecule has 0 unspecified atom stereocenters. The van der Waals surface area contributed by atoms with Crippen molar-refractivity contribution < 1.29 is 14.3 Å². The average Bonchev–Trinajstić information content (AvgIpc) is 3.00. The van der Waals surface area contributed by atoms with Crippen LogP contribution in [0.3, 0.4) is 0 Å². The predicted molar refractivity (Wildman–Crippen MR) is 101 cm³/mol. The molecule has 2 aromatic rings. The van der Waals surface area contributed by atoms with Gasteiger partial charge in [0.25, 0.3) is 5.91 Å². The second-order valence-corrected chi connectivity index (χ2v) is 6.78. The van der Waals surface area contributed by atoms with Crippen molar-refractivity contribution in [2.45, 2.75) is 19.8 Å². The number of methoxy groups -OCH3 is 1. The number of halogens is 1. The molecule has 2 aromatic carbocycles. The number of carbonyl (C=O) groups is 2. The molecule has 0 aliphatic carbocycles. The van der Waals surface area contributed by atoms with Crippen molar-refractivity contribution in [2.24, 2.45) is 0 Å². The van der Waals surface area contributed by atoms with E-state index >= 15 is 0 Å². The van der Waals surface area contributed by atoms with E-state index in [1.807, 2.05) is 25.1 Å². The summed E-state index contributed by atoms with van der Waals surface area (Å²) in [5.41, 5.74) is 2.79. The van der Waals surface area contributed by atoms with Crippen LogP contribution >= 0.6 is 15.9 Å². The summed E-state index contributed by atoms with van der Waals surface area (Å²) in [6, 6.07) is 10.9. The van der Waals surface area contributed by atoms with Gasteiger partial charge in [0.1, 0.15) is 5.75 Å². The second kappa shape index (κ2) is 7.27. The van der Waals surface area contributed by atoms with E-state index in [2.05, 4.69) is 21.2 Å². The summed E-state index contributed by atoms with van der Waals surface area (Å²) < 4.78 is 6.12.